The van der Waals surface area contributed by atoms with Crippen molar-refractivity contribution in [3.05, 3.63) is 59.4 Å². The van der Waals surface area contributed by atoms with Crippen LogP contribution in [0.5, 0.6) is 0 Å². The smallest absolute Gasteiger partial charge is 0.235 e. The van der Waals surface area contributed by atoms with E-state index in [-0.39, 0.29) is 10.8 Å². The van der Waals surface area contributed by atoms with E-state index in [1.165, 1.54) is 31.0 Å². The molecule has 33 heavy (non-hydrogen) atoms. The van der Waals surface area contributed by atoms with E-state index >= 15 is 0 Å². The summed E-state index contributed by atoms with van der Waals surface area (Å²) in [5.41, 5.74) is 0.276. The van der Waals surface area contributed by atoms with Crippen LogP contribution in [-0.4, -0.2) is 16.1 Å². The van der Waals surface area contributed by atoms with Gasteiger partial charge >= 0.3 is 6.18 Å². The fraction of sp³-hybridized carbons (Fsp3) is 0.308. The van der Waals surface area contributed by atoms with E-state index in [4.69, 9.17) is 0 Å². The van der Waals surface area contributed by atoms with Gasteiger partial charge in [0.15, 0.2) is 5.82 Å². The van der Waals surface area contributed by atoms with Crippen molar-refractivity contribution in [2.45, 2.75) is 38.8 Å². The Balaban J connectivity index is 1.58. The Morgan fingerprint density at radius 1 is 0.939 bits per heavy atom. The molecule has 0 radical (unpaired) electrons. The van der Waals surface area contributed by atoms with Gasteiger partial charge in [0.05, 0.1) is 11.1 Å². The predicted molar refractivity (Wildman–Crippen MR) is 116 cm³/mol. The highest BCUT2D eigenvalue weighted by Crippen LogP contribution is 2.29. The Morgan fingerprint density at radius 3 is 2.30 bits per heavy atom. The van der Waals surface area contributed by atoms with Gasteiger partial charge in [-0.05, 0) is 49.1 Å². The molecule has 0 bridgehead atoms. The summed E-state index contributed by atoms with van der Waals surface area (Å²) in [5.74, 6) is 8.02. The summed E-state index contributed by atoms with van der Waals surface area (Å²) in [6, 6.07) is 5.30. The van der Waals surface area contributed by atoms with Crippen LogP contribution in [0, 0.1) is 47.2 Å². The molecular weight excluding hydrogens is 435 g/mol. The summed E-state index contributed by atoms with van der Waals surface area (Å²) in [5, 5.41) is 0.120. The number of aromatic nitrogens is 2. The molecule has 0 amide bonds. The number of halogens is 5. The number of nitrogens with zero attached hydrogens (tertiary/aromatic N) is 2. The van der Waals surface area contributed by atoms with Crippen LogP contribution >= 0.6 is 0 Å². The lowest BCUT2D eigenvalue weighted by atomic mass is 9.83. The lowest BCUT2D eigenvalue weighted by Crippen LogP contribution is -2.10. The molecule has 1 aliphatic carbocycles. The number of fused-ring (bicyclic) bond motifs is 1. The van der Waals surface area contributed by atoms with Gasteiger partial charge in [-0.25, -0.2) is 18.7 Å². The summed E-state index contributed by atoms with van der Waals surface area (Å²) < 4.78 is 65.8. The molecule has 0 spiro atoms. The van der Waals surface area contributed by atoms with Crippen molar-refractivity contribution in [3.8, 4) is 35.1 Å². The zero-order chi connectivity index (χ0) is 23.6. The predicted octanol–water partition coefficient (Wildman–Crippen LogP) is 6.67. The SMILES string of the molecule is CC1CCC(C#Cc2cnc(-c3ccc4c(F)c(C#CC(F)(F)F)c(F)cc4c3)nc2)CC1. The molecule has 3 aromatic rings. The summed E-state index contributed by atoms with van der Waals surface area (Å²) >= 11 is 0. The average molecular weight is 454 g/mol. The van der Waals surface area contributed by atoms with Crippen LogP contribution in [-0.2, 0) is 0 Å². The Hall–Kier alpha value is -3.45. The maximum Gasteiger partial charge on any atom is 0.458 e. The Bertz CT molecular complexity index is 1300. The minimum absolute atomic E-state index is 0.0455. The normalized spacial score (nSPS) is 18.2. The van der Waals surface area contributed by atoms with Gasteiger partial charge in [0.1, 0.15) is 11.6 Å². The first-order valence-electron chi connectivity index (χ1n) is 10.6. The number of alkyl halides is 3. The van der Waals surface area contributed by atoms with E-state index in [2.05, 4.69) is 28.7 Å². The van der Waals surface area contributed by atoms with E-state index in [0.29, 0.717) is 22.9 Å². The van der Waals surface area contributed by atoms with E-state index in [1.54, 1.807) is 18.3 Å². The van der Waals surface area contributed by atoms with Crippen LogP contribution in [0.1, 0.15) is 43.7 Å². The first-order chi connectivity index (χ1) is 15.7. The van der Waals surface area contributed by atoms with E-state index in [9.17, 15) is 22.0 Å². The Kier molecular flexibility index (Phi) is 6.33. The van der Waals surface area contributed by atoms with Gasteiger partial charge < -0.3 is 0 Å². The highest BCUT2D eigenvalue weighted by atomic mass is 19.4. The van der Waals surface area contributed by atoms with Crippen molar-refractivity contribution in [3.63, 3.8) is 0 Å². The quantitative estimate of drug-likeness (QED) is 0.303. The fourth-order valence-corrected chi connectivity index (χ4v) is 3.85. The molecule has 4 rings (SSSR count). The molecular formula is C26H19F5N2. The minimum atomic E-state index is -4.85. The number of hydrogen-bond donors (Lipinski definition) is 0. The van der Waals surface area contributed by atoms with Crippen LogP contribution < -0.4 is 0 Å². The first kappa shape index (κ1) is 22.7. The van der Waals surface area contributed by atoms with E-state index in [1.807, 2.05) is 0 Å². The lowest BCUT2D eigenvalue weighted by molar-refractivity contribution is -0.0696. The number of hydrogen-bond acceptors (Lipinski definition) is 2. The lowest BCUT2D eigenvalue weighted by Gasteiger charge is -2.21. The number of rotatable bonds is 1. The van der Waals surface area contributed by atoms with Crippen molar-refractivity contribution in [1.29, 1.82) is 0 Å². The van der Waals surface area contributed by atoms with Crippen LogP contribution in [0.4, 0.5) is 22.0 Å². The van der Waals surface area contributed by atoms with Crippen molar-refractivity contribution >= 4 is 10.8 Å². The summed E-state index contributed by atoms with van der Waals surface area (Å²) in [4.78, 5) is 8.60. The second-order valence-electron chi connectivity index (χ2n) is 8.25. The molecule has 1 saturated carbocycles. The standard InChI is InChI=1S/C26H19F5N2/c1-16-2-4-17(5-3-16)6-7-18-14-32-25(33-15-18)19-8-9-21-20(12-19)13-23(27)22(24(21)28)10-11-26(29,30)31/h8-9,12-17H,2-5H2,1H3. The molecule has 1 aromatic heterocycles. The van der Waals surface area contributed by atoms with Gasteiger partial charge in [-0.1, -0.05) is 36.8 Å². The van der Waals surface area contributed by atoms with Gasteiger partial charge in [-0.15, -0.1) is 0 Å². The molecule has 0 unspecified atom stereocenters. The number of benzene rings is 2. The molecule has 2 nitrogen and oxygen atoms in total. The fourth-order valence-electron chi connectivity index (χ4n) is 3.85. The Labute approximate surface area is 188 Å². The average Bonchev–Trinajstić information content (AvgIpc) is 2.78. The van der Waals surface area contributed by atoms with E-state index in [0.717, 1.165) is 30.7 Å². The highest BCUT2D eigenvalue weighted by Gasteiger charge is 2.24. The molecule has 1 fully saturated rings. The van der Waals surface area contributed by atoms with Gasteiger partial charge in [0.25, 0.3) is 0 Å². The molecule has 168 valence electrons. The minimum Gasteiger partial charge on any atom is -0.235 e. The molecule has 0 N–H and O–H groups in total. The first-order valence-corrected chi connectivity index (χ1v) is 10.6. The van der Waals surface area contributed by atoms with Gasteiger partial charge in [0, 0.05) is 35.2 Å². The largest absolute Gasteiger partial charge is 0.458 e. The molecule has 1 aliphatic rings. The van der Waals surface area contributed by atoms with Crippen molar-refractivity contribution in [2.24, 2.45) is 11.8 Å². The van der Waals surface area contributed by atoms with Crippen molar-refractivity contribution in [1.82, 2.24) is 9.97 Å². The summed E-state index contributed by atoms with van der Waals surface area (Å²) in [6.45, 7) is 2.26. The van der Waals surface area contributed by atoms with Crippen LogP contribution in [0.15, 0.2) is 36.7 Å². The van der Waals surface area contributed by atoms with Crippen LogP contribution in [0.2, 0.25) is 0 Å². The molecule has 0 atom stereocenters. The topological polar surface area (TPSA) is 25.8 Å². The Morgan fingerprint density at radius 2 is 1.64 bits per heavy atom. The van der Waals surface area contributed by atoms with Gasteiger partial charge in [0.2, 0.25) is 0 Å². The molecule has 0 aliphatic heterocycles. The second kappa shape index (κ2) is 9.19. The van der Waals surface area contributed by atoms with Gasteiger partial charge in [-0.2, -0.15) is 13.2 Å². The van der Waals surface area contributed by atoms with Crippen molar-refractivity contribution < 1.29 is 22.0 Å². The third-order valence-corrected chi connectivity index (χ3v) is 5.70. The maximum atomic E-state index is 14.6. The highest BCUT2D eigenvalue weighted by molar-refractivity contribution is 5.88. The molecule has 0 saturated heterocycles. The van der Waals surface area contributed by atoms with Crippen molar-refractivity contribution in [2.75, 3.05) is 0 Å². The zero-order valence-corrected chi connectivity index (χ0v) is 17.7. The maximum absolute atomic E-state index is 14.6. The third kappa shape index (κ3) is 5.49. The molecule has 2 aromatic carbocycles. The second-order valence-corrected chi connectivity index (χ2v) is 8.25. The van der Waals surface area contributed by atoms with Crippen LogP contribution in [0.25, 0.3) is 22.2 Å². The third-order valence-electron chi connectivity index (χ3n) is 5.70. The zero-order valence-electron chi connectivity index (χ0n) is 17.7. The molecule has 1 heterocycles. The summed E-state index contributed by atoms with van der Waals surface area (Å²) in [7, 11) is 0. The monoisotopic (exact) mass is 454 g/mol. The van der Waals surface area contributed by atoms with Gasteiger partial charge in [-0.3, -0.25) is 0 Å². The van der Waals surface area contributed by atoms with Crippen LogP contribution in [0.3, 0.4) is 0 Å². The van der Waals surface area contributed by atoms with E-state index < -0.39 is 23.4 Å². The molecule has 7 heteroatoms. The summed E-state index contributed by atoms with van der Waals surface area (Å²) in [6.07, 6.45) is 2.93.